The Kier molecular flexibility index (Phi) is 8.50. The number of carbonyl (C=O) groups excluding carboxylic acids is 1. The SMILES string of the molecule is O=C(O)C(=Cc1cc(I)c(OCc2ccc(Br)cc2)c(I)c1)NC(=O)c1ccccc1. The summed E-state index contributed by atoms with van der Waals surface area (Å²) in [6, 6.07) is 20.0. The minimum absolute atomic E-state index is 0.205. The van der Waals surface area contributed by atoms with Gasteiger partial charge in [0.25, 0.3) is 5.91 Å². The molecule has 0 unspecified atom stereocenters. The number of halogens is 3. The van der Waals surface area contributed by atoms with Crippen LogP contribution in [0.2, 0.25) is 0 Å². The highest BCUT2D eigenvalue weighted by Gasteiger charge is 2.15. The molecule has 3 aromatic rings. The summed E-state index contributed by atoms with van der Waals surface area (Å²) in [7, 11) is 0. The molecular formula is C23H16BrI2NO4. The van der Waals surface area contributed by atoms with Gasteiger partial charge in [0, 0.05) is 10.0 Å². The van der Waals surface area contributed by atoms with Crippen molar-refractivity contribution < 1.29 is 19.4 Å². The largest absolute Gasteiger partial charge is 0.487 e. The van der Waals surface area contributed by atoms with Crippen molar-refractivity contribution in [3.05, 3.63) is 101 Å². The summed E-state index contributed by atoms with van der Waals surface area (Å²) in [5, 5.41) is 12.0. The predicted molar refractivity (Wildman–Crippen MR) is 140 cm³/mol. The third-order valence-electron chi connectivity index (χ3n) is 4.14. The molecule has 0 aliphatic heterocycles. The summed E-state index contributed by atoms with van der Waals surface area (Å²) >= 11 is 7.73. The highest BCUT2D eigenvalue weighted by atomic mass is 127. The fourth-order valence-corrected chi connectivity index (χ4v) is 5.03. The number of amides is 1. The molecule has 0 aliphatic carbocycles. The van der Waals surface area contributed by atoms with E-state index in [1.165, 1.54) is 6.08 Å². The number of aliphatic carboxylic acids is 1. The molecule has 0 atom stereocenters. The van der Waals surface area contributed by atoms with Gasteiger partial charge in [0.15, 0.2) is 0 Å². The quantitative estimate of drug-likeness (QED) is 0.231. The van der Waals surface area contributed by atoms with Gasteiger partial charge in [-0.2, -0.15) is 0 Å². The van der Waals surface area contributed by atoms with Crippen molar-refractivity contribution in [2.24, 2.45) is 0 Å². The van der Waals surface area contributed by atoms with Crippen molar-refractivity contribution in [1.82, 2.24) is 5.32 Å². The zero-order valence-corrected chi connectivity index (χ0v) is 21.8. The molecule has 0 bridgehead atoms. The number of hydrogen-bond donors (Lipinski definition) is 2. The van der Waals surface area contributed by atoms with Gasteiger partial charge in [-0.3, -0.25) is 4.79 Å². The molecule has 0 spiro atoms. The molecule has 0 aromatic heterocycles. The third kappa shape index (κ3) is 6.78. The highest BCUT2D eigenvalue weighted by Crippen LogP contribution is 2.30. The Bertz CT molecular complexity index is 1110. The van der Waals surface area contributed by atoms with Crippen LogP contribution in [0.25, 0.3) is 6.08 Å². The Morgan fingerprint density at radius 3 is 2.19 bits per heavy atom. The van der Waals surface area contributed by atoms with Crippen molar-refractivity contribution in [1.29, 1.82) is 0 Å². The van der Waals surface area contributed by atoms with Crippen LogP contribution in [0.1, 0.15) is 21.5 Å². The zero-order valence-electron chi connectivity index (χ0n) is 15.9. The number of rotatable bonds is 7. The lowest BCUT2D eigenvalue weighted by Gasteiger charge is -2.12. The molecule has 158 valence electrons. The first-order valence-electron chi connectivity index (χ1n) is 9.01. The van der Waals surface area contributed by atoms with Crippen LogP contribution in [-0.4, -0.2) is 17.0 Å². The Labute approximate surface area is 215 Å². The van der Waals surface area contributed by atoms with Crippen LogP contribution in [0.4, 0.5) is 0 Å². The molecule has 5 nitrogen and oxygen atoms in total. The minimum atomic E-state index is -1.22. The number of carboxylic acids is 1. The van der Waals surface area contributed by atoms with E-state index < -0.39 is 11.9 Å². The van der Waals surface area contributed by atoms with E-state index in [4.69, 9.17) is 4.74 Å². The number of carbonyl (C=O) groups is 2. The number of ether oxygens (including phenoxy) is 1. The molecule has 0 radical (unpaired) electrons. The smallest absolute Gasteiger partial charge is 0.352 e. The maximum Gasteiger partial charge on any atom is 0.352 e. The Balaban J connectivity index is 1.79. The van der Waals surface area contributed by atoms with Gasteiger partial charge in [0.05, 0.1) is 7.14 Å². The monoisotopic (exact) mass is 703 g/mol. The maximum atomic E-state index is 12.3. The number of carboxylic acid groups (broad SMARTS) is 1. The van der Waals surface area contributed by atoms with Gasteiger partial charge in [0.2, 0.25) is 0 Å². The van der Waals surface area contributed by atoms with Crippen molar-refractivity contribution in [3.63, 3.8) is 0 Å². The standard InChI is InChI=1S/C23H16BrI2NO4/c24-17-8-6-14(7-9-17)13-31-21-18(25)10-15(11-19(21)26)12-20(23(29)30)27-22(28)16-4-2-1-3-5-16/h1-12H,13H2,(H,27,28)(H,29,30). The number of nitrogens with one attached hydrogen (secondary N) is 1. The van der Waals surface area contributed by atoms with Crippen LogP contribution in [0.5, 0.6) is 5.75 Å². The molecular weight excluding hydrogens is 688 g/mol. The summed E-state index contributed by atoms with van der Waals surface area (Å²) in [4.78, 5) is 24.0. The summed E-state index contributed by atoms with van der Waals surface area (Å²) in [6.07, 6.45) is 1.44. The molecule has 0 aliphatic rings. The second-order valence-corrected chi connectivity index (χ2v) is 9.65. The van der Waals surface area contributed by atoms with E-state index in [2.05, 4.69) is 66.4 Å². The second kappa shape index (κ2) is 11.1. The molecule has 3 rings (SSSR count). The molecule has 3 aromatic carbocycles. The van der Waals surface area contributed by atoms with Crippen LogP contribution in [0.3, 0.4) is 0 Å². The topological polar surface area (TPSA) is 75.6 Å². The van der Waals surface area contributed by atoms with Crippen LogP contribution in [0, 0.1) is 7.14 Å². The van der Waals surface area contributed by atoms with Crippen LogP contribution >= 0.6 is 61.1 Å². The molecule has 0 saturated heterocycles. The first-order valence-corrected chi connectivity index (χ1v) is 12.0. The van der Waals surface area contributed by atoms with Crippen molar-refractivity contribution >= 4 is 79.1 Å². The van der Waals surface area contributed by atoms with Gasteiger partial charge in [-0.15, -0.1) is 0 Å². The fraction of sp³-hybridized carbons (Fsp3) is 0.0435. The second-order valence-electron chi connectivity index (χ2n) is 6.41. The zero-order chi connectivity index (χ0) is 22.4. The summed E-state index contributed by atoms with van der Waals surface area (Å²) in [5.74, 6) is -0.968. The first-order chi connectivity index (χ1) is 14.8. The normalized spacial score (nSPS) is 11.1. The van der Waals surface area contributed by atoms with E-state index in [9.17, 15) is 14.7 Å². The van der Waals surface area contributed by atoms with Crippen LogP contribution in [-0.2, 0) is 11.4 Å². The van der Waals surface area contributed by atoms with Crippen LogP contribution in [0.15, 0.2) is 76.9 Å². The van der Waals surface area contributed by atoms with Gasteiger partial charge in [-0.1, -0.05) is 46.3 Å². The molecule has 8 heteroatoms. The first kappa shape index (κ1) is 23.7. The van der Waals surface area contributed by atoms with E-state index in [1.54, 1.807) is 30.3 Å². The van der Waals surface area contributed by atoms with Crippen molar-refractivity contribution in [3.8, 4) is 5.75 Å². The average molecular weight is 704 g/mol. The Hall–Kier alpha value is -1.92. The lowest BCUT2D eigenvalue weighted by atomic mass is 10.1. The Morgan fingerprint density at radius 1 is 1.00 bits per heavy atom. The maximum absolute atomic E-state index is 12.3. The average Bonchev–Trinajstić information content (AvgIpc) is 2.74. The number of benzene rings is 3. The van der Waals surface area contributed by atoms with Gasteiger partial charge < -0.3 is 15.2 Å². The summed E-state index contributed by atoms with van der Waals surface area (Å²) in [5.41, 5.74) is 1.87. The molecule has 0 saturated carbocycles. The molecule has 1 amide bonds. The van der Waals surface area contributed by atoms with Crippen molar-refractivity contribution in [2.75, 3.05) is 0 Å². The van der Waals surface area contributed by atoms with E-state index >= 15 is 0 Å². The van der Waals surface area contributed by atoms with Gasteiger partial charge in [-0.25, -0.2) is 4.79 Å². The van der Waals surface area contributed by atoms with E-state index in [-0.39, 0.29) is 5.70 Å². The van der Waals surface area contributed by atoms with Crippen molar-refractivity contribution in [2.45, 2.75) is 6.61 Å². The molecule has 2 N–H and O–H groups in total. The highest BCUT2D eigenvalue weighted by molar-refractivity contribution is 14.1. The lowest BCUT2D eigenvalue weighted by molar-refractivity contribution is -0.132. The van der Waals surface area contributed by atoms with Gasteiger partial charge >= 0.3 is 5.97 Å². The molecule has 0 fully saturated rings. The minimum Gasteiger partial charge on any atom is -0.487 e. The van der Waals surface area contributed by atoms with E-state index in [0.29, 0.717) is 17.7 Å². The molecule has 0 heterocycles. The Morgan fingerprint density at radius 2 is 1.61 bits per heavy atom. The van der Waals surface area contributed by atoms with E-state index in [0.717, 1.165) is 22.9 Å². The summed E-state index contributed by atoms with van der Waals surface area (Å²) in [6.45, 7) is 0.419. The van der Waals surface area contributed by atoms with Crippen LogP contribution < -0.4 is 10.1 Å². The number of hydrogen-bond acceptors (Lipinski definition) is 3. The molecule has 31 heavy (non-hydrogen) atoms. The summed E-state index contributed by atoms with van der Waals surface area (Å²) < 4.78 is 8.67. The van der Waals surface area contributed by atoms with Gasteiger partial charge in [0.1, 0.15) is 18.1 Å². The van der Waals surface area contributed by atoms with E-state index in [1.807, 2.05) is 36.4 Å². The third-order valence-corrected chi connectivity index (χ3v) is 6.27. The fourth-order valence-electron chi connectivity index (χ4n) is 2.64. The predicted octanol–water partition coefficient (Wildman–Crippen LogP) is 6.09. The lowest BCUT2D eigenvalue weighted by Crippen LogP contribution is -2.27. The van der Waals surface area contributed by atoms with Gasteiger partial charge in [-0.05, 0) is 98.8 Å².